The molecule has 3 rings (SSSR count). The monoisotopic (exact) mass is 331 g/mol. The molecule has 23 heavy (non-hydrogen) atoms. The summed E-state index contributed by atoms with van der Waals surface area (Å²) in [7, 11) is 0. The number of halogens is 2. The molecular weight excluding hydrogens is 313 g/mol. The van der Waals surface area contributed by atoms with Crippen molar-refractivity contribution in [2.45, 2.75) is 30.9 Å². The van der Waals surface area contributed by atoms with Crippen LogP contribution >= 0.6 is 11.6 Å². The highest BCUT2D eigenvalue weighted by atomic mass is 35.5. The van der Waals surface area contributed by atoms with Crippen molar-refractivity contribution in [1.82, 2.24) is 0 Å². The molecule has 0 aromatic heterocycles. The zero-order valence-corrected chi connectivity index (χ0v) is 13.9. The van der Waals surface area contributed by atoms with Crippen molar-refractivity contribution in [3.63, 3.8) is 0 Å². The van der Waals surface area contributed by atoms with Crippen LogP contribution in [0.15, 0.2) is 60.8 Å². The van der Waals surface area contributed by atoms with Crippen molar-refractivity contribution < 1.29 is 9.50 Å². The number of anilines is 1. The minimum atomic E-state index is -1.65. The number of fused-ring (bicyclic) bond motifs is 1. The topological polar surface area (TPSA) is 23.5 Å². The molecule has 0 saturated heterocycles. The van der Waals surface area contributed by atoms with Crippen molar-refractivity contribution in [2.75, 3.05) is 4.90 Å². The molecule has 120 valence electrons. The standard InChI is InChI=1S/C19H19ClFNO/c1-3-12-22-17-11-7-4-8-14(17)13-19(20,23)18(22,2)15-9-5-6-10-16(15)21/h3-12,23H,13H2,1-2H3. The van der Waals surface area contributed by atoms with E-state index in [1.165, 1.54) is 6.07 Å². The third-order valence-electron chi connectivity index (χ3n) is 4.60. The minimum Gasteiger partial charge on any atom is -0.372 e. The highest BCUT2D eigenvalue weighted by Crippen LogP contribution is 2.51. The predicted molar refractivity (Wildman–Crippen MR) is 92.0 cm³/mol. The zero-order valence-electron chi connectivity index (χ0n) is 13.1. The molecule has 1 aliphatic rings. The van der Waals surface area contributed by atoms with Crippen LogP contribution in [0.3, 0.4) is 0 Å². The Kier molecular flexibility index (Phi) is 3.95. The van der Waals surface area contributed by atoms with Gasteiger partial charge in [0.05, 0.1) is 0 Å². The first-order valence-corrected chi connectivity index (χ1v) is 7.96. The molecule has 0 amide bonds. The summed E-state index contributed by atoms with van der Waals surface area (Å²) in [4.78, 5) is 1.86. The lowest BCUT2D eigenvalue weighted by atomic mass is 9.77. The van der Waals surface area contributed by atoms with Crippen molar-refractivity contribution >= 4 is 17.3 Å². The summed E-state index contributed by atoms with van der Waals surface area (Å²) >= 11 is 6.56. The smallest absolute Gasteiger partial charge is 0.170 e. The Balaban J connectivity index is 2.31. The fourth-order valence-corrected chi connectivity index (χ4v) is 3.65. The zero-order chi connectivity index (χ0) is 16.7. The average Bonchev–Trinajstić information content (AvgIpc) is 2.52. The van der Waals surface area contributed by atoms with Crippen LogP contribution in [0.2, 0.25) is 0 Å². The lowest BCUT2D eigenvalue weighted by Crippen LogP contribution is -2.60. The Bertz CT molecular complexity index is 759. The van der Waals surface area contributed by atoms with Gasteiger partial charge in [0, 0.05) is 23.9 Å². The highest BCUT2D eigenvalue weighted by molar-refractivity contribution is 6.24. The fraction of sp³-hybridized carbons (Fsp3) is 0.263. The van der Waals surface area contributed by atoms with E-state index in [0.29, 0.717) is 5.56 Å². The molecule has 0 aliphatic carbocycles. The molecule has 1 N–H and O–H groups in total. The number of para-hydroxylation sites is 1. The van der Waals surface area contributed by atoms with Crippen LogP contribution in [0, 0.1) is 5.82 Å². The Hall–Kier alpha value is -1.84. The number of aliphatic hydroxyl groups is 1. The van der Waals surface area contributed by atoms with Gasteiger partial charge in [-0.15, -0.1) is 0 Å². The van der Waals surface area contributed by atoms with E-state index in [-0.39, 0.29) is 12.2 Å². The first-order valence-electron chi connectivity index (χ1n) is 7.58. The SMILES string of the molecule is CC=CN1c2ccccc2CC(O)(Cl)C1(C)c1ccccc1F. The van der Waals surface area contributed by atoms with Gasteiger partial charge in [0.2, 0.25) is 0 Å². The normalized spacial score (nSPS) is 27.3. The van der Waals surface area contributed by atoms with E-state index in [2.05, 4.69) is 0 Å². The Morgan fingerprint density at radius 1 is 1.17 bits per heavy atom. The van der Waals surface area contributed by atoms with Crippen molar-refractivity contribution in [1.29, 1.82) is 0 Å². The molecule has 0 saturated carbocycles. The number of hydrogen-bond donors (Lipinski definition) is 1. The maximum atomic E-state index is 14.5. The number of alkyl halides is 1. The summed E-state index contributed by atoms with van der Waals surface area (Å²) in [6.45, 7) is 3.65. The van der Waals surface area contributed by atoms with E-state index in [0.717, 1.165) is 11.3 Å². The molecule has 4 heteroatoms. The first-order chi connectivity index (χ1) is 10.9. The van der Waals surface area contributed by atoms with Crippen LogP contribution in [0.5, 0.6) is 0 Å². The summed E-state index contributed by atoms with van der Waals surface area (Å²) in [5.41, 5.74) is 1.07. The van der Waals surface area contributed by atoms with Crippen LogP contribution in [0.4, 0.5) is 10.1 Å². The summed E-state index contributed by atoms with van der Waals surface area (Å²) < 4.78 is 14.5. The molecule has 2 aromatic carbocycles. The molecule has 1 heterocycles. The lowest BCUT2D eigenvalue weighted by molar-refractivity contribution is 0.0408. The Morgan fingerprint density at radius 3 is 2.52 bits per heavy atom. The van der Waals surface area contributed by atoms with E-state index in [9.17, 15) is 9.50 Å². The highest BCUT2D eigenvalue weighted by Gasteiger charge is 2.55. The number of rotatable bonds is 2. The van der Waals surface area contributed by atoms with Crippen molar-refractivity contribution in [3.8, 4) is 0 Å². The van der Waals surface area contributed by atoms with E-state index >= 15 is 0 Å². The van der Waals surface area contributed by atoms with Gasteiger partial charge in [-0.05, 0) is 31.5 Å². The van der Waals surface area contributed by atoms with Gasteiger partial charge in [0.25, 0.3) is 0 Å². The fourth-order valence-electron chi connectivity index (χ4n) is 3.32. The van der Waals surface area contributed by atoms with Gasteiger partial charge in [0.1, 0.15) is 11.4 Å². The number of benzene rings is 2. The molecule has 2 aromatic rings. The van der Waals surface area contributed by atoms with Crippen LogP contribution in [-0.2, 0) is 12.0 Å². The lowest BCUT2D eigenvalue weighted by Gasteiger charge is -2.52. The number of allylic oxidation sites excluding steroid dienone is 1. The molecular formula is C19H19ClFNO. The predicted octanol–water partition coefficient (Wildman–Crippen LogP) is 4.56. The maximum Gasteiger partial charge on any atom is 0.170 e. The molecule has 0 bridgehead atoms. The second kappa shape index (κ2) is 5.66. The minimum absolute atomic E-state index is 0.240. The Labute approximate surface area is 140 Å². The van der Waals surface area contributed by atoms with E-state index < -0.39 is 10.6 Å². The number of hydrogen-bond acceptors (Lipinski definition) is 2. The van der Waals surface area contributed by atoms with Gasteiger partial charge in [0.15, 0.2) is 5.06 Å². The molecule has 2 nitrogen and oxygen atoms in total. The van der Waals surface area contributed by atoms with Crippen LogP contribution in [0.1, 0.15) is 25.0 Å². The van der Waals surface area contributed by atoms with Crippen LogP contribution in [-0.4, -0.2) is 10.2 Å². The summed E-state index contributed by atoms with van der Waals surface area (Å²) in [6.07, 6.45) is 3.93. The van der Waals surface area contributed by atoms with Gasteiger partial charge in [-0.3, -0.25) is 0 Å². The quantitative estimate of drug-likeness (QED) is 0.815. The third-order valence-corrected chi connectivity index (χ3v) is 5.10. The van der Waals surface area contributed by atoms with Gasteiger partial charge in [-0.2, -0.15) is 0 Å². The van der Waals surface area contributed by atoms with Gasteiger partial charge < -0.3 is 10.0 Å². The van der Waals surface area contributed by atoms with Gasteiger partial charge in [-0.1, -0.05) is 54.1 Å². The third kappa shape index (κ3) is 2.35. The second-order valence-corrected chi connectivity index (χ2v) is 6.59. The van der Waals surface area contributed by atoms with Crippen LogP contribution in [0.25, 0.3) is 0 Å². The molecule has 2 atom stereocenters. The summed E-state index contributed by atoms with van der Waals surface area (Å²) in [6, 6.07) is 14.2. The van der Waals surface area contributed by atoms with E-state index in [1.807, 2.05) is 48.4 Å². The maximum absolute atomic E-state index is 14.5. The number of nitrogens with zero attached hydrogens (tertiary/aromatic N) is 1. The molecule has 0 fully saturated rings. The van der Waals surface area contributed by atoms with Crippen molar-refractivity contribution in [2.24, 2.45) is 0 Å². The first kappa shape index (κ1) is 16.0. The summed E-state index contributed by atoms with van der Waals surface area (Å²) in [5.74, 6) is -0.386. The van der Waals surface area contributed by atoms with Gasteiger partial charge in [-0.25, -0.2) is 4.39 Å². The molecule has 2 unspecified atom stereocenters. The molecule has 1 aliphatic heterocycles. The average molecular weight is 332 g/mol. The molecule has 0 spiro atoms. The van der Waals surface area contributed by atoms with E-state index in [4.69, 9.17) is 11.6 Å². The van der Waals surface area contributed by atoms with Gasteiger partial charge >= 0.3 is 0 Å². The Morgan fingerprint density at radius 2 is 1.83 bits per heavy atom. The largest absolute Gasteiger partial charge is 0.372 e. The molecule has 0 radical (unpaired) electrons. The van der Waals surface area contributed by atoms with E-state index in [1.54, 1.807) is 25.1 Å². The van der Waals surface area contributed by atoms with Crippen LogP contribution < -0.4 is 4.90 Å². The van der Waals surface area contributed by atoms with Crippen molar-refractivity contribution in [3.05, 3.63) is 77.8 Å². The summed E-state index contributed by atoms with van der Waals surface area (Å²) in [5, 5.41) is 9.39. The second-order valence-electron chi connectivity index (χ2n) is 5.97.